The van der Waals surface area contributed by atoms with Gasteiger partial charge in [-0.1, -0.05) is 15.9 Å². The van der Waals surface area contributed by atoms with Crippen molar-refractivity contribution in [3.63, 3.8) is 0 Å². The van der Waals surface area contributed by atoms with E-state index in [2.05, 4.69) is 52.2 Å². The van der Waals surface area contributed by atoms with Crippen LogP contribution in [-0.4, -0.2) is 4.98 Å². The van der Waals surface area contributed by atoms with Gasteiger partial charge in [-0.2, -0.15) is 0 Å². The highest BCUT2D eigenvalue weighted by molar-refractivity contribution is 9.10. The highest BCUT2D eigenvalue weighted by Crippen LogP contribution is 2.20. The van der Waals surface area contributed by atoms with Gasteiger partial charge in [-0.3, -0.25) is 4.98 Å². The maximum atomic E-state index is 4.15. The first-order valence-corrected chi connectivity index (χ1v) is 6.35. The van der Waals surface area contributed by atoms with Crippen molar-refractivity contribution in [3.8, 4) is 0 Å². The van der Waals surface area contributed by atoms with Gasteiger partial charge in [0, 0.05) is 29.1 Å². The summed E-state index contributed by atoms with van der Waals surface area (Å²) in [7, 11) is 0. The maximum absolute atomic E-state index is 4.15. The van der Waals surface area contributed by atoms with Gasteiger partial charge in [0.15, 0.2) is 0 Å². The van der Waals surface area contributed by atoms with E-state index in [0.29, 0.717) is 0 Å². The molecule has 1 aromatic carbocycles. The molecule has 2 nitrogen and oxygen atoms in total. The molecule has 2 aromatic rings. The van der Waals surface area contributed by atoms with Crippen LogP contribution in [-0.2, 0) is 6.54 Å². The summed E-state index contributed by atoms with van der Waals surface area (Å²) < 4.78 is 1.11. The average molecular weight is 291 g/mol. The van der Waals surface area contributed by atoms with Crippen LogP contribution in [0.2, 0.25) is 0 Å². The highest BCUT2D eigenvalue weighted by Gasteiger charge is 2.00. The highest BCUT2D eigenvalue weighted by atomic mass is 79.9. The molecule has 3 heteroatoms. The molecule has 1 aromatic heterocycles. The second-order valence-corrected chi connectivity index (χ2v) is 5.03. The van der Waals surface area contributed by atoms with Crippen molar-refractivity contribution in [2.24, 2.45) is 0 Å². The smallest absolute Gasteiger partial charge is 0.0418 e. The molecule has 0 aliphatic heterocycles. The lowest BCUT2D eigenvalue weighted by atomic mass is 10.1. The summed E-state index contributed by atoms with van der Waals surface area (Å²) in [5, 5.41) is 3.44. The molecule has 1 N–H and O–H groups in total. The number of hydrogen-bond acceptors (Lipinski definition) is 2. The van der Waals surface area contributed by atoms with E-state index in [1.807, 2.05) is 24.5 Å². The Hall–Kier alpha value is -1.35. The molecule has 0 saturated carbocycles. The Morgan fingerprint density at radius 1 is 1.18 bits per heavy atom. The van der Waals surface area contributed by atoms with Gasteiger partial charge in [-0.05, 0) is 54.8 Å². The largest absolute Gasteiger partial charge is 0.381 e. The molecule has 0 fully saturated rings. The fourth-order valence-electron chi connectivity index (χ4n) is 1.70. The number of pyridine rings is 1. The van der Waals surface area contributed by atoms with Gasteiger partial charge in [0.1, 0.15) is 0 Å². The predicted molar refractivity (Wildman–Crippen MR) is 75.2 cm³/mol. The lowest BCUT2D eigenvalue weighted by Crippen LogP contribution is -2.03. The van der Waals surface area contributed by atoms with Crippen molar-refractivity contribution in [2.75, 3.05) is 5.32 Å². The first kappa shape index (κ1) is 12.1. The van der Waals surface area contributed by atoms with Crippen LogP contribution in [0.4, 0.5) is 5.69 Å². The molecule has 0 radical (unpaired) electrons. The second kappa shape index (κ2) is 5.32. The van der Waals surface area contributed by atoms with Crippen LogP contribution in [0.1, 0.15) is 16.7 Å². The van der Waals surface area contributed by atoms with E-state index >= 15 is 0 Å². The third kappa shape index (κ3) is 3.07. The molecule has 0 spiro atoms. The van der Waals surface area contributed by atoms with Crippen LogP contribution in [0, 0.1) is 13.8 Å². The molecule has 2 rings (SSSR count). The number of benzene rings is 1. The molecule has 0 aliphatic rings. The number of aromatic nitrogens is 1. The molecule has 0 bridgehead atoms. The van der Waals surface area contributed by atoms with E-state index in [-0.39, 0.29) is 0 Å². The lowest BCUT2D eigenvalue weighted by molar-refractivity contribution is 1.08. The Kier molecular flexibility index (Phi) is 3.79. The summed E-state index contributed by atoms with van der Waals surface area (Å²) in [6, 6.07) is 8.28. The van der Waals surface area contributed by atoms with Crippen molar-refractivity contribution in [2.45, 2.75) is 20.4 Å². The maximum Gasteiger partial charge on any atom is 0.0418 e. The first-order chi connectivity index (χ1) is 8.16. The van der Waals surface area contributed by atoms with Crippen LogP contribution in [0.25, 0.3) is 0 Å². The molecular weight excluding hydrogens is 276 g/mol. The molecule has 88 valence electrons. The summed E-state index contributed by atoms with van der Waals surface area (Å²) >= 11 is 3.47. The molecule has 1 heterocycles. The minimum atomic E-state index is 0.808. The minimum absolute atomic E-state index is 0.808. The van der Waals surface area contributed by atoms with Crippen molar-refractivity contribution in [1.82, 2.24) is 4.98 Å². The number of aryl methyl sites for hydroxylation is 2. The van der Waals surface area contributed by atoms with Crippen molar-refractivity contribution < 1.29 is 0 Å². The number of hydrogen-bond donors (Lipinski definition) is 1. The molecule has 0 amide bonds. The standard InChI is InChI=1S/C14H15BrN2/c1-10-5-6-16-8-12(10)9-17-14-4-3-13(15)7-11(14)2/h3-8,17H,9H2,1-2H3. The molecule has 0 unspecified atom stereocenters. The summed E-state index contributed by atoms with van der Waals surface area (Å²) in [5.74, 6) is 0. The third-order valence-electron chi connectivity index (χ3n) is 2.81. The quantitative estimate of drug-likeness (QED) is 0.922. The Morgan fingerprint density at radius 2 is 2.00 bits per heavy atom. The molecule has 0 aliphatic carbocycles. The number of anilines is 1. The lowest BCUT2D eigenvalue weighted by Gasteiger charge is -2.11. The van der Waals surface area contributed by atoms with E-state index in [0.717, 1.165) is 16.7 Å². The summed E-state index contributed by atoms with van der Waals surface area (Å²) in [6.07, 6.45) is 3.74. The fraction of sp³-hybridized carbons (Fsp3) is 0.214. The van der Waals surface area contributed by atoms with Gasteiger partial charge in [0.05, 0.1) is 0 Å². The zero-order valence-electron chi connectivity index (χ0n) is 10.00. The second-order valence-electron chi connectivity index (χ2n) is 4.11. The predicted octanol–water partition coefficient (Wildman–Crippen LogP) is 4.07. The normalized spacial score (nSPS) is 10.3. The Bertz CT molecular complexity index is 523. The molecular formula is C14H15BrN2. The van der Waals surface area contributed by atoms with Crippen molar-refractivity contribution in [1.29, 1.82) is 0 Å². The summed E-state index contributed by atoms with van der Waals surface area (Å²) in [6.45, 7) is 5.01. The van der Waals surface area contributed by atoms with Gasteiger partial charge < -0.3 is 5.32 Å². The van der Waals surface area contributed by atoms with Crippen LogP contribution >= 0.6 is 15.9 Å². The van der Waals surface area contributed by atoms with Gasteiger partial charge >= 0.3 is 0 Å². The number of halogens is 1. The Morgan fingerprint density at radius 3 is 2.71 bits per heavy atom. The van der Waals surface area contributed by atoms with Crippen LogP contribution < -0.4 is 5.32 Å². The van der Waals surface area contributed by atoms with E-state index in [1.54, 1.807) is 0 Å². The van der Waals surface area contributed by atoms with Crippen LogP contribution in [0.5, 0.6) is 0 Å². The van der Waals surface area contributed by atoms with E-state index in [4.69, 9.17) is 0 Å². The molecule has 0 saturated heterocycles. The van der Waals surface area contributed by atoms with Gasteiger partial charge in [-0.15, -0.1) is 0 Å². The van der Waals surface area contributed by atoms with Crippen molar-refractivity contribution >= 4 is 21.6 Å². The fourth-order valence-corrected chi connectivity index (χ4v) is 2.17. The zero-order valence-corrected chi connectivity index (χ0v) is 11.6. The zero-order chi connectivity index (χ0) is 12.3. The molecule has 17 heavy (non-hydrogen) atoms. The van der Waals surface area contributed by atoms with E-state index in [9.17, 15) is 0 Å². The van der Waals surface area contributed by atoms with Crippen molar-refractivity contribution in [3.05, 3.63) is 57.8 Å². The Balaban J connectivity index is 2.10. The number of nitrogens with zero attached hydrogens (tertiary/aromatic N) is 1. The molecule has 0 atom stereocenters. The van der Waals surface area contributed by atoms with E-state index < -0.39 is 0 Å². The number of rotatable bonds is 3. The van der Waals surface area contributed by atoms with Gasteiger partial charge in [-0.25, -0.2) is 0 Å². The minimum Gasteiger partial charge on any atom is -0.381 e. The SMILES string of the molecule is Cc1ccncc1CNc1ccc(Br)cc1C. The summed E-state index contributed by atoms with van der Waals surface area (Å²) in [4.78, 5) is 4.15. The van der Waals surface area contributed by atoms with Gasteiger partial charge in [0.25, 0.3) is 0 Å². The van der Waals surface area contributed by atoms with Gasteiger partial charge in [0.2, 0.25) is 0 Å². The average Bonchev–Trinajstić information content (AvgIpc) is 2.30. The monoisotopic (exact) mass is 290 g/mol. The number of nitrogens with one attached hydrogen (secondary N) is 1. The van der Waals surface area contributed by atoms with Crippen LogP contribution in [0.15, 0.2) is 41.1 Å². The first-order valence-electron chi connectivity index (χ1n) is 5.56. The Labute approximate surface area is 110 Å². The third-order valence-corrected chi connectivity index (χ3v) is 3.30. The topological polar surface area (TPSA) is 24.9 Å². The van der Waals surface area contributed by atoms with E-state index in [1.165, 1.54) is 16.7 Å². The van der Waals surface area contributed by atoms with Crippen LogP contribution in [0.3, 0.4) is 0 Å². The summed E-state index contributed by atoms with van der Waals surface area (Å²) in [5.41, 5.74) is 4.90.